The largest absolute Gasteiger partial charge is 0.507 e. The summed E-state index contributed by atoms with van der Waals surface area (Å²) < 4.78 is 10.3. The fraction of sp³-hybridized carbons (Fsp3) is 0. The van der Waals surface area contributed by atoms with Gasteiger partial charge in [0.05, 0.1) is 11.1 Å². The van der Waals surface area contributed by atoms with E-state index in [-0.39, 0.29) is 17.4 Å². The van der Waals surface area contributed by atoms with Crippen molar-refractivity contribution >= 4 is 35.9 Å². The van der Waals surface area contributed by atoms with E-state index < -0.39 is 0 Å². The van der Waals surface area contributed by atoms with Crippen LogP contribution in [0.25, 0.3) is 47.2 Å². The third-order valence-electron chi connectivity index (χ3n) is 5.69. The highest BCUT2D eigenvalue weighted by molar-refractivity contribution is 6.32. The number of rotatable bonds is 6. The maximum Gasteiger partial charge on any atom is 0.261 e. The van der Waals surface area contributed by atoms with Crippen molar-refractivity contribution in [3.05, 3.63) is 131 Å². The van der Waals surface area contributed by atoms with Crippen LogP contribution >= 0.6 is 11.6 Å². The summed E-state index contributed by atoms with van der Waals surface area (Å²) in [7, 11) is 0. The van der Waals surface area contributed by atoms with Gasteiger partial charge in [0.2, 0.25) is 0 Å². The van der Waals surface area contributed by atoms with Crippen LogP contribution < -0.4 is 0 Å². The molecular weight excluding hydrogens is 540 g/mol. The standard InChI is InChI=1S/C16H11ClN2O2.C16H12N2O2/c17-13-7-3-1-5-11(13)9-10-15-18-16(21-19-15)12-6-2-4-8-14(12)20;19-14-9-5-4-8-13(14)16-17-15(18-20-16)11-10-12-6-2-1-3-7-12/h1-10,20H;1-11,19H/b10-9+;11-10+. The second-order valence-electron chi connectivity index (χ2n) is 8.55. The Kier molecular flexibility index (Phi) is 8.63. The predicted molar refractivity (Wildman–Crippen MR) is 159 cm³/mol. The second kappa shape index (κ2) is 13.1. The number of hydrogen-bond acceptors (Lipinski definition) is 8. The Hall–Kier alpha value is -5.47. The first kappa shape index (κ1) is 27.1. The molecular formula is C32H23ClN4O4. The Morgan fingerprint density at radius 1 is 0.537 bits per heavy atom. The summed E-state index contributed by atoms with van der Waals surface area (Å²) >= 11 is 6.06. The molecule has 0 bridgehead atoms. The van der Waals surface area contributed by atoms with Crippen molar-refractivity contribution < 1.29 is 19.3 Å². The molecule has 4 aromatic carbocycles. The van der Waals surface area contributed by atoms with E-state index in [1.54, 1.807) is 60.7 Å². The van der Waals surface area contributed by atoms with Gasteiger partial charge >= 0.3 is 0 Å². The van der Waals surface area contributed by atoms with E-state index in [1.165, 1.54) is 0 Å². The summed E-state index contributed by atoms with van der Waals surface area (Å²) in [5.41, 5.74) is 2.95. The SMILES string of the molecule is Oc1ccccc1-c1nc(/C=C/c2ccccc2)no1.Oc1ccccc1-c1nc(/C=C/c2ccccc2Cl)no1. The lowest BCUT2D eigenvalue weighted by atomic mass is 10.2. The summed E-state index contributed by atoms with van der Waals surface area (Å²) in [6.45, 7) is 0. The molecule has 41 heavy (non-hydrogen) atoms. The number of benzene rings is 4. The number of para-hydroxylation sites is 2. The molecule has 6 aromatic rings. The lowest BCUT2D eigenvalue weighted by Crippen LogP contribution is -1.79. The van der Waals surface area contributed by atoms with Gasteiger partial charge in [-0.3, -0.25) is 0 Å². The number of aromatic nitrogens is 4. The zero-order valence-corrected chi connectivity index (χ0v) is 22.3. The van der Waals surface area contributed by atoms with Crippen LogP contribution in [-0.2, 0) is 0 Å². The first-order valence-electron chi connectivity index (χ1n) is 12.5. The van der Waals surface area contributed by atoms with Crippen LogP contribution in [0.1, 0.15) is 22.8 Å². The smallest absolute Gasteiger partial charge is 0.261 e. The average Bonchev–Trinajstić information content (AvgIpc) is 3.67. The van der Waals surface area contributed by atoms with E-state index in [0.29, 0.717) is 33.7 Å². The Morgan fingerprint density at radius 2 is 1.02 bits per heavy atom. The van der Waals surface area contributed by atoms with Gasteiger partial charge in [-0.05, 0) is 59.7 Å². The minimum atomic E-state index is 0.0998. The number of nitrogens with zero attached hydrogens (tertiary/aromatic N) is 4. The Balaban J connectivity index is 0.000000165. The van der Waals surface area contributed by atoms with E-state index in [4.69, 9.17) is 20.6 Å². The van der Waals surface area contributed by atoms with Crippen molar-refractivity contribution in [1.29, 1.82) is 0 Å². The predicted octanol–water partition coefficient (Wildman–Crippen LogP) is 7.88. The molecule has 8 nitrogen and oxygen atoms in total. The van der Waals surface area contributed by atoms with Crippen LogP contribution in [0.15, 0.2) is 112 Å². The molecule has 0 aliphatic heterocycles. The molecule has 0 unspecified atom stereocenters. The van der Waals surface area contributed by atoms with Crippen LogP contribution in [0.2, 0.25) is 5.02 Å². The van der Waals surface area contributed by atoms with Crippen molar-refractivity contribution in [3.63, 3.8) is 0 Å². The van der Waals surface area contributed by atoms with Gasteiger partial charge in [0.15, 0.2) is 11.6 Å². The van der Waals surface area contributed by atoms with Gasteiger partial charge in [-0.25, -0.2) is 0 Å². The summed E-state index contributed by atoms with van der Waals surface area (Å²) in [6.07, 6.45) is 7.18. The summed E-state index contributed by atoms with van der Waals surface area (Å²) in [5, 5.41) is 27.9. The highest BCUT2D eigenvalue weighted by Crippen LogP contribution is 2.28. The lowest BCUT2D eigenvalue weighted by molar-refractivity contribution is 0.422. The fourth-order valence-electron chi connectivity index (χ4n) is 3.64. The van der Waals surface area contributed by atoms with Crippen molar-refractivity contribution in [3.8, 4) is 34.4 Å². The number of aromatic hydroxyl groups is 2. The fourth-order valence-corrected chi connectivity index (χ4v) is 3.84. The van der Waals surface area contributed by atoms with Gasteiger partial charge in [-0.2, -0.15) is 9.97 Å². The van der Waals surface area contributed by atoms with Gasteiger partial charge in [0, 0.05) is 5.02 Å². The Morgan fingerprint density at radius 3 is 1.59 bits per heavy atom. The van der Waals surface area contributed by atoms with Gasteiger partial charge in [0.1, 0.15) is 11.5 Å². The van der Waals surface area contributed by atoms with Crippen molar-refractivity contribution in [1.82, 2.24) is 20.3 Å². The molecule has 202 valence electrons. The molecule has 0 atom stereocenters. The summed E-state index contributed by atoms with van der Waals surface area (Å²) in [6, 6.07) is 31.0. The van der Waals surface area contributed by atoms with Crippen molar-refractivity contribution in [2.45, 2.75) is 0 Å². The molecule has 0 aliphatic carbocycles. The first-order chi connectivity index (χ1) is 20.1. The number of halogens is 1. The number of hydrogen-bond donors (Lipinski definition) is 2. The van der Waals surface area contributed by atoms with Gasteiger partial charge in [0.25, 0.3) is 11.8 Å². The minimum Gasteiger partial charge on any atom is -0.507 e. The van der Waals surface area contributed by atoms with E-state index in [0.717, 1.165) is 11.1 Å². The monoisotopic (exact) mass is 562 g/mol. The van der Waals surface area contributed by atoms with Crippen LogP contribution in [0, 0.1) is 0 Å². The molecule has 0 spiro atoms. The zero-order valence-electron chi connectivity index (χ0n) is 21.5. The topological polar surface area (TPSA) is 118 Å². The van der Waals surface area contributed by atoms with E-state index in [1.807, 2.05) is 66.7 Å². The van der Waals surface area contributed by atoms with Crippen LogP contribution in [0.4, 0.5) is 0 Å². The van der Waals surface area contributed by atoms with E-state index in [2.05, 4.69) is 20.3 Å². The normalized spacial score (nSPS) is 11.0. The minimum absolute atomic E-state index is 0.0998. The average molecular weight is 563 g/mol. The molecule has 2 N–H and O–H groups in total. The molecule has 2 heterocycles. The summed E-state index contributed by atoms with van der Waals surface area (Å²) in [5.74, 6) is 1.67. The van der Waals surface area contributed by atoms with Crippen LogP contribution in [0.3, 0.4) is 0 Å². The Bertz CT molecular complexity index is 1790. The molecule has 0 aliphatic rings. The number of phenols is 2. The molecule has 0 fully saturated rings. The van der Waals surface area contributed by atoms with Crippen molar-refractivity contribution in [2.75, 3.05) is 0 Å². The van der Waals surface area contributed by atoms with Gasteiger partial charge in [-0.15, -0.1) is 0 Å². The maximum atomic E-state index is 9.75. The quantitative estimate of drug-likeness (QED) is 0.210. The van der Waals surface area contributed by atoms with Crippen molar-refractivity contribution in [2.24, 2.45) is 0 Å². The van der Waals surface area contributed by atoms with Crippen LogP contribution in [0.5, 0.6) is 11.5 Å². The third kappa shape index (κ3) is 7.14. The third-order valence-corrected chi connectivity index (χ3v) is 6.04. The first-order valence-corrected chi connectivity index (χ1v) is 12.8. The molecule has 6 rings (SSSR count). The van der Waals surface area contributed by atoms with E-state index in [9.17, 15) is 10.2 Å². The van der Waals surface area contributed by atoms with Gasteiger partial charge in [-0.1, -0.05) is 101 Å². The van der Waals surface area contributed by atoms with Gasteiger partial charge < -0.3 is 19.3 Å². The highest BCUT2D eigenvalue weighted by atomic mass is 35.5. The molecule has 0 radical (unpaired) electrons. The highest BCUT2D eigenvalue weighted by Gasteiger charge is 2.11. The maximum absolute atomic E-state index is 9.75. The lowest BCUT2D eigenvalue weighted by Gasteiger charge is -1.96. The molecule has 0 saturated carbocycles. The molecule has 0 saturated heterocycles. The zero-order chi connectivity index (χ0) is 28.4. The molecule has 0 amide bonds. The second-order valence-corrected chi connectivity index (χ2v) is 8.96. The Labute approximate surface area is 240 Å². The summed E-state index contributed by atoms with van der Waals surface area (Å²) in [4.78, 5) is 8.45. The van der Waals surface area contributed by atoms with E-state index >= 15 is 0 Å². The van der Waals surface area contributed by atoms with Crippen LogP contribution in [-0.4, -0.2) is 30.5 Å². The number of phenolic OH excluding ortho intramolecular Hbond substituents is 2. The molecule has 2 aromatic heterocycles. The molecule has 9 heteroatoms.